The quantitative estimate of drug-likeness (QED) is 0.719. The predicted octanol–water partition coefficient (Wildman–Crippen LogP) is 1.09. The summed E-state index contributed by atoms with van der Waals surface area (Å²) < 4.78 is 4.83. The van der Waals surface area contributed by atoms with E-state index in [1.165, 1.54) is 6.92 Å². The van der Waals surface area contributed by atoms with Crippen molar-refractivity contribution in [2.45, 2.75) is 19.6 Å². The van der Waals surface area contributed by atoms with Gasteiger partial charge in [-0.15, -0.1) is 0 Å². The van der Waals surface area contributed by atoms with Gasteiger partial charge in [-0.05, 0) is 12.5 Å². The number of carboxylic acid groups (broad SMARTS) is 2. The second-order valence-electron chi connectivity index (χ2n) is 4.15. The molecule has 0 aliphatic carbocycles. The molecule has 1 aromatic rings. The average molecular weight is 281 g/mol. The molecule has 0 spiro atoms. The van der Waals surface area contributed by atoms with E-state index in [0.717, 1.165) is 5.56 Å². The Morgan fingerprint density at radius 1 is 1.15 bits per heavy atom. The van der Waals surface area contributed by atoms with Gasteiger partial charge in [0.15, 0.2) is 0 Å². The number of amides is 1. The van der Waals surface area contributed by atoms with E-state index >= 15 is 0 Å². The number of carbonyl (C=O) groups is 3. The average Bonchev–Trinajstić information content (AvgIpc) is 2.42. The molecule has 3 N–H and O–H groups in total. The van der Waals surface area contributed by atoms with Crippen LogP contribution < -0.4 is 5.32 Å². The van der Waals surface area contributed by atoms with Gasteiger partial charge in [0.2, 0.25) is 0 Å². The number of carbonyl (C=O) groups excluding carboxylic acids is 1. The van der Waals surface area contributed by atoms with Crippen molar-refractivity contribution in [2.24, 2.45) is 5.92 Å². The Balaban J connectivity index is 2.54. The fraction of sp³-hybridized carbons (Fsp3) is 0.308. The molecule has 20 heavy (non-hydrogen) atoms. The molecule has 0 heterocycles. The van der Waals surface area contributed by atoms with E-state index in [2.05, 4.69) is 0 Å². The molecular formula is C13H15NO6. The van der Waals surface area contributed by atoms with Gasteiger partial charge in [0.25, 0.3) is 0 Å². The highest BCUT2D eigenvalue weighted by atomic mass is 16.5. The third-order valence-electron chi connectivity index (χ3n) is 2.64. The summed E-state index contributed by atoms with van der Waals surface area (Å²) in [5.41, 5.74) is 0.737. The first-order valence-electron chi connectivity index (χ1n) is 5.84. The van der Waals surface area contributed by atoms with Crippen LogP contribution >= 0.6 is 0 Å². The summed E-state index contributed by atoms with van der Waals surface area (Å²) in [5, 5.41) is 19.7. The molecule has 108 valence electrons. The molecule has 0 bridgehead atoms. The normalized spacial score (nSPS) is 13.1. The van der Waals surface area contributed by atoms with E-state index in [4.69, 9.17) is 14.9 Å². The monoisotopic (exact) mass is 281 g/mol. The molecule has 1 amide bonds. The summed E-state index contributed by atoms with van der Waals surface area (Å²) in [7, 11) is 0. The zero-order chi connectivity index (χ0) is 15.1. The van der Waals surface area contributed by atoms with E-state index in [-0.39, 0.29) is 6.61 Å². The van der Waals surface area contributed by atoms with Gasteiger partial charge in [-0.1, -0.05) is 30.3 Å². The molecule has 0 unspecified atom stereocenters. The van der Waals surface area contributed by atoms with Crippen molar-refractivity contribution in [1.29, 1.82) is 0 Å². The van der Waals surface area contributed by atoms with Crippen LogP contribution in [0.2, 0.25) is 0 Å². The first-order chi connectivity index (χ1) is 9.41. The molecule has 1 aromatic carbocycles. The molecule has 0 aliphatic heterocycles. The topological polar surface area (TPSA) is 113 Å². The summed E-state index contributed by atoms with van der Waals surface area (Å²) in [6.45, 7) is 1.17. The minimum absolute atomic E-state index is 0.0273. The minimum Gasteiger partial charge on any atom is -0.481 e. The molecule has 7 nitrogen and oxygen atoms in total. The molecule has 0 fully saturated rings. The van der Waals surface area contributed by atoms with Crippen LogP contribution in [0.5, 0.6) is 0 Å². The van der Waals surface area contributed by atoms with Crippen molar-refractivity contribution >= 4 is 18.0 Å². The van der Waals surface area contributed by atoms with Crippen LogP contribution in [0.25, 0.3) is 0 Å². The molecule has 0 radical (unpaired) electrons. The highest BCUT2D eigenvalue weighted by Gasteiger charge is 2.31. The lowest BCUT2D eigenvalue weighted by Gasteiger charge is -2.17. The predicted molar refractivity (Wildman–Crippen MR) is 68.0 cm³/mol. The summed E-state index contributed by atoms with van der Waals surface area (Å²) in [5.74, 6) is -4.02. The molecule has 0 saturated carbocycles. The number of alkyl carbamates (subject to hydrolysis) is 1. The Kier molecular flexibility index (Phi) is 5.52. The van der Waals surface area contributed by atoms with Crippen LogP contribution in [0.4, 0.5) is 4.79 Å². The van der Waals surface area contributed by atoms with Gasteiger partial charge in [0.1, 0.15) is 12.6 Å². The first kappa shape index (κ1) is 15.5. The van der Waals surface area contributed by atoms with Crippen LogP contribution in [0.15, 0.2) is 30.3 Å². The fourth-order valence-electron chi connectivity index (χ4n) is 1.43. The van der Waals surface area contributed by atoms with Crippen molar-refractivity contribution in [3.63, 3.8) is 0 Å². The zero-order valence-electron chi connectivity index (χ0n) is 10.8. The van der Waals surface area contributed by atoms with Gasteiger partial charge < -0.3 is 20.3 Å². The number of ether oxygens (including phenoxy) is 1. The first-order valence-corrected chi connectivity index (χ1v) is 5.84. The Bertz CT molecular complexity index is 487. The van der Waals surface area contributed by atoms with Crippen LogP contribution in [0.3, 0.4) is 0 Å². The van der Waals surface area contributed by atoms with Gasteiger partial charge in [-0.25, -0.2) is 9.59 Å². The summed E-state index contributed by atoms with van der Waals surface area (Å²) in [4.78, 5) is 33.1. The largest absolute Gasteiger partial charge is 0.481 e. The zero-order valence-corrected chi connectivity index (χ0v) is 10.8. The summed E-state index contributed by atoms with van der Waals surface area (Å²) in [6, 6.07) is 7.27. The minimum atomic E-state index is -1.55. The lowest BCUT2D eigenvalue weighted by Crippen LogP contribution is -2.47. The fourth-order valence-corrected chi connectivity index (χ4v) is 1.43. The number of rotatable bonds is 6. The van der Waals surface area contributed by atoms with Gasteiger partial charge in [0.05, 0.1) is 5.92 Å². The maximum absolute atomic E-state index is 11.5. The van der Waals surface area contributed by atoms with Crippen LogP contribution in [0.1, 0.15) is 12.5 Å². The molecular weight excluding hydrogens is 266 g/mol. The molecule has 2 atom stereocenters. The molecule has 0 aromatic heterocycles. The number of carboxylic acids is 2. The van der Waals surface area contributed by atoms with E-state index < -0.39 is 30.0 Å². The van der Waals surface area contributed by atoms with Crippen LogP contribution in [-0.2, 0) is 20.9 Å². The molecule has 0 aliphatic rings. The molecule has 1 rings (SSSR count). The molecule has 7 heteroatoms. The van der Waals surface area contributed by atoms with Gasteiger partial charge in [0, 0.05) is 0 Å². The van der Waals surface area contributed by atoms with E-state index in [1.807, 2.05) is 5.32 Å². The van der Waals surface area contributed by atoms with Crippen molar-refractivity contribution in [3.8, 4) is 0 Å². The number of benzene rings is 1. The van der Waals surface area contributed by atoms with Crippen molar-refractivity contribution < 1.29 is 29.3 Å². The number of aliphatic carboxylic acids is 2. The van der Waals surface area contributed by atoms with E-state index in [9.17, 15) is 14.4 Å². The lowest BCUT2D eigenvalue weighted by molar-refractivity contribution is -0.150. The van der Waals surface area contributed by atoms with E-state index in [0.29, 0.717) is 0 Å². The lowest BCUT2D eigenvalue weighted by atomic mass is 10.0. The van der Waals surface area contributed by atoms with Crippen molar-refractivity contribution in [2.75, 3.05) is 0 Å². The number of nitrogens with one attached hydrogen (secondary N) is 1. The third kappa shape index (κ3) is 4.60. The standard InChI is InChI=1S/C13H15NO6/c1-8(11(15)16)10(12(17)18)14-13(19)20-7-9-5-3-2-4-6-9/h2-6,8,10H,7H2,1H3,(H,14,19)(H,15,16)(H,17,18)/t8-,10-/m1/s1. The highest BCUT2D eigenvalue weighted by Crippen LogP contribution is 2.05. The van der Waals surface area contributed by atoms with Crippen molar-refractivity contribution in [1.82, 2.24) is 5.32 Å². The number of hydrogen-bond acceptors (Lipinski definition) is 4. The van der Waals surface area contributed by atoms with Gasteiger partial charge >= 0.3 is 18.0 Å². The highest BCUT2D eigenvalue weighted by molar-refractivity contribution is 5.85. The van der Waals surface area contributed by atoms with Gasteiger partial charge in [-0.2, -0.15) is 0 Å². The Morgan fingerprint density at radius 2 is 1.75 bits per heavy atom. The van der Waals surface area contributed by atoms with Crippen molar-refractivity contribution in [3.05, 3.63) is 35.9 Å². The smallest absolute Gasteiger partial charge is 0.408 e. The second-order valence-corrected chi connectivity index (χ2v) is 4.15. The summed E-state index contributed by atoms with van der Waals surface area (Å²) >= 11 is 0. The SMILES string of the molecule is C[C@@H](C(=O)O)[C@@H](NC(=O)OCc1ccccc1)C(=O)O. The van der Waals surface area contributed by atoms with Crippen LogP contribution in [0, 0.1) is 5.92 Å². The molecule has 0 saturated heterocycles. The van der Waals surface area contributed by atoms with E-state index in [1.54, 1.807) is 30.3 Å². The second kappa shape index (κ2) is 7.13. The Labute approximate surface area is 115 Å². The maximum Gasteiger partial charge on any atom is 0.408 e. The van der Waals surface area contributed by atoms with Crippen LogP contribution in [-0.4, -0.2) is 34.3 Å². The third-order valence-corrected chi connectivity index (χ3v) is 2.64. The number of hydrogen-bond donors (Lipinski definition) is 3. The van der Waals surface area contributed by atoms with Gasteiger partial charge in [-0.3, -0.25) is 4.79 Å². The summed E-state index contributed by atoms with van der Waals surface area (Å²) in [6.07, 6.45) is -0.977. The Morgan fingerprint density at radius 3 is 2.25 bits per heavy atom. The maximum atomic E-state index is 11.5. The Hall–Kier alpha value is -2.57.